The van der Waals surface area contributed by atoms with Gasteiger partial charge < -0.3 is 20.4 Å². The van der Waals surface area contributed by atoms with Crippen LogP contribution in [0, 0.1) is 0 Å². The highest BCUT2D eigenvalue weighted by Gasteiger charge is 2.44. The second kappa shape index (κ2) is 9.34. The van der Waals surface area contributed by atoms with Crippen molar-refractivity contribution in [3.63, 3.8) is 0 Å². The third kappa shape index (κ3) is 4.38. The maximum atomic E-state index is 13.4. The zero-order valence-corrected chi connectivity index (χ0v) is 18.9. The van der Waals surface area contributed by atoms with Crippen LogP contribution in [0.2, 0.25) is 5.02 Å². The van der Waals surface area contributed by atoms with Crippen molar-refractivity contribution < 1.29 is 14.4 Å². The van der Waals surface area contributed by atoms with Crippen molar-refractivity contribution in [3.8, 4) is 0 Å². The largest absolute Gasteiger partial charge is 0.352 e. The Labute approximate surface area is 192 Å². The molecule has 1 fully saturated rings. The third-order valence-corrected chi connectivity index (χ3v) is 6.59. The number of nitrogens with one attached hydrogen (secondary N) is 2. The number of hydrogen-bond acceptors (Lipinski definition) is 4. The molecule has 170 valence electrons. The molecule has 0 radical (unpaired) electrons. The van der Waals surface area contributed by atoms with E-state index in [1.807, 2.05) is 6.07 Å². The number of rotatable bonds is 6. The van der Waals surface area contributed by atoms with Gasteiger partial charge in [0.05, 0.1) is 23.9 Å². The summed E-state index contributed by atoms with van der Waals surface area (Å²) >= 11 is 6.38. The van der Waals surface area contributed by atoms with Crippen LogP contribution in [0.3, 0.4) is 0 Å². The number of urea groups is 1. The van der Waals surface area contributed by atoms with Gasteiger partial charge in [-0.2, -0.15) is 0 Å². The number of amides is 4. The Hall–Kier alpha value is -2.84. The van der Waals surface area contributed by atoms with E-state index in [1.165, 1.54) is 9.80 Å². The standard InChI is InChI=1S/C23H28ClN5O3/c1-3-10-29-18-13-28(14-19(30)25-15-8-11-27(2)12-9-15)22(31)20(18)21(26-23(29)32)16-6-4-5-7-17(16)24/h3-7,15,21H,1,8-14H2,2H3,(H,25,30)(H,26,32)/t21-/m1/s1. The van der Waals surface area contributed by atoms with Crippen LogP contribution in [0.15, 0.2) is 48.2 Å². The molecule has 2 N–H and O–H groups in total. The summed E-state index contributed by atoms with van der Waals surface area (Å²) in [7, 11) is 2.07. The molecule has 0 aliphatic carbocycles. The topological polar surface area (TPSA) is 85.0 Å². The average Bonchev–Trinajstić information content (AvgIpc) is 3.08. The Morgan fingerprint density at radius 2 is 2.00 bits per heavy atom. The van der Waals surface area contributed by atoms with E-state index >= 15 is 0 Å². The van der Waals surface area contributed by atoms with Gasteiger partial charge in [-0.15, -0.1) is 6.58 Å². The van der Waals surface area contributed by atoms with Crippen LogP contribution in [0.5, 0.6) is 0 Å². The predicted octanol–water partition coefficient (Wildman–Crippen LogP) is 1.90. The van der Waals surface area contributed by atoms with Crippen molar-refractivity contribution >= 4 is 29.4 Å². The lowest BCUT2D eigenvalue weighted by atomic mass is 9.95. The SMILES string of the molecule is C=CCN1C(=O)N[C@H](c2ccccc2Cl)C2=C1CN(CC(=O)NC1CCN(C)CC1)C2=O. The molecule has 3 aliphatic rings. The quantitative estimate of drug-likeness (QED) is 0.639. The van der Waals surface area contributed by atoms with E-state index in [2.05, 4.69) is 29.2 Å². The minimum atomic E-state index is -0.665. The molecule has 4 amide bonds. The zero-order chi connectivity index (χ0) is 22.8. The highest BCUT2D eigenvalue weighted by molar-refractivity contribution is 6.31. The summed E-state index contributed by atoms with van der Waals surface area (Å²) < 4.78 is 0. The predicted molar refractivity (Wildman–Crippen MR) is 122 cm³/mol. The summed E-state index contributed by atoms with van der Waals surface area (Å²) in [6, 6.07) is 6.27. The molecule has 1 aromatic carbocycles. The fourth-order valence-corrected chi connectivity index (χ4v) is 4.79. The Morgan fingerprint density at radius 3 is 2.69 bits per heavy atom. The second-order valence-electron chi connectivity index (χ2n) is 8.47. The van der Waals surface area contributed by atoms with Crippen molar-refractivity contribution in [2.75, 3.05) is 39.8 Å². The summed E-state index contributed by atoms with van der Waals surface area (Å²) in [5.41, 5.74) is 1.70. The molecule has 1 saturated heterocycles. The first kappa shape index (κ1) is 22.4. The van der Waals surface area contributed by atoms with Crippen LogP contribution in [-0.4, -0.2) is 78.4 Å². The molecule has 0 spiro atoms. The summed E-state index contributed by atoms with van der Waals surface area (Å²) in [4.78, 5) is 44.2. The molecular weight excluding hydrogens is 430 g/mol. The van der Waals surface area contributed by atoms with Crippen LogP contribution in [0.1, 0.15) is 24.4 Å². The maximum Gasteiger partial charge on any atom is 0.322 e. The Balaban J connectivity index is 1.54. The first-order chi connectivity index (χ1) is 15.4. The minimum absolute atomic E-state index is 0.0520. The van der Waals surface area contributed by atoms with E-state index in [1.54, 1.807) is 24.3 Å². The molecule has 8 nitrogen and oxygen atoms in total. The zero-order valence-electron chi connectivity index (χ0n) is 18.1. The van der Waals surface area contributed by atoms with Gasteiger partial charge in [-0.25, -0.2) is 4.79 Å². The molecule has 0 saturated carbocycles. The summed E-state index contributed by atoms with van der Waals surface area (Å²) in [5.74, 6) is -0.450. The Bertz CT molecular complexity index is 970. The minimum Gasteiger partial charge on any atom is -0.352 e. The molecular formula is C23H28ClN5O3. The van der Waals surface area contributed by atoms with Crippen LogP contribution < -0.4 is 10.6 Å². The van der Waals surface area contributed by atoms with Crippen molar-refractivity contribution in [2.24, 2.45) is 0 Å². The van der Waals surface area contributed by atoms with E-state index in [0.717, 1.165) is 25.9 Å². The van der Waals surface area contributed by atoms with Crippen LogP contribution in [-0.2, 0) is 9.59 Å². The highest BCUT2D eigenvalue weighted by atomic mass is 35.5. The number of likely N-dealkylation sites (tertiary alicyclic amines) is 1. The third-order valence-electron chi connectivity index (χ3n) is 6.24. The van der Waals surface area contributed by atoms with Gasteiger partial charge in [0, 0.05) is 17.6 Å². The molecule has 0 aromatic heterocycles. The Kier molecular flexibility index (Phi) is 6.53. The van der Waals surface area contributed by atoms with Crippen molar-refractivity contribution in [3.05, 3.63) is 58.8 Å². The number of piperidine rings is 1. The highest BCUT2D eigenvalue weighted by Crippen LogP contribution is 2.38. The molecule has 3 aliphatic heterocycles. The van der Waals surface area contributed by atoms with Crippen molar-refractivity contribution in [1.82, 2.24) is 25.3 Å². The normalized spacial score (nSPS) is 22.1. The monoisotopic (exact) mass is 457 g/mol. The lowest BCUT2D eigenvalue weighted by Gasteiger charge is -2.33. The fraction of sp³-hybridized carbons (Fsp3) is 0.435. The van der Waals surface area contributed by atoms with Gasteiger partial charge in [0.25, 0.3) is 5.91 Å². The second-order valence-corrected chi connectivity index (χ2v) is 8.88. The van der Waals surface area contributed by atoms with Crippen LogP contribution in [0.4, 0.5) is 4.79 Å². The van der Waals surface area contributed by atoms with E-state index in [4.69, 9.17) is 11.6 Å². The van der Waals surface area contributed by atoms with Gasteiger partial charge in [0.15, 0.2) is 0 Å². The molecule has 0 bridgehead atoms. The molecule has 32 heavy (non-hydrogen) atoms. The first-order valence-corrected chi connectivity index (χ1v) is 11.2. The van der Waals surface area contributed by atoms with Crippen LogP contribution >= 0.6 is 11.6 Å². The number of carbonyl (C=O) groups is 3. The lowest BCUT2D eigenvalue weighted by molar-refractivity contribution is -0.132. The van der Waals surface area contributed by atoms with E-state index in [9.17, 15) is 14.4 Å². The van der Waals surface area contributed by atoms with E-state index in [0.29, 0.717) is 21.9 Å². The van der Waals surface area contributed by atoms with E-state index < -0.39 is 6.04 Å². The van der Waals surface area contributed by atoms with Crippen LogP contribution in [0.25, 0.3) is 0 Å². The molecule has 0 unspecified atom stereocenters. The summed E-state index contributed by atoms with van der Waals surface area (Å²) in [5, 5.41) is 6.42. The molecule has 1 aromatic rings. The van der Waals surface area contributed by atoms with Crippen molar-refractivity contribution in [2.45, 2.75) is 24.9 Å². The number of halogens is 1. The number of hydrogen-bond donors (Lipinski definition) is 2. The van der Waals surface area contributed by atoms with Gasteiger partial charge >= 0.3 is 6.03 Å². The van der Waals surface area contributed by atoms with Gasteiger partial charge in [0.1, 0.15) is 6.54 Å². The van der Waals surface area contributed by atoms with Gasteiger partial charge in [-0.05, 0) is 44.6 Å². The maximum absolute atomic E-state index is 13.4. The molecule has 3 heterocycles. The van der Waals surface area contributed by atoms with Crippen molar-refractivity contribution in [1.29, 1.82) is 0 Å². The summed E-state index contributed by atoms with van der Waals surface area (Å²) in [6.07, 6.45) is 3.40. The Morgan fingerprint density at radius 1 is 1.28 bits per heavy atom. The lowest BCUT2D eigenvalue weighted by Crippen LogP contribution is -2.47. The fourth-order valence-electron chi connectivity index (χ4n) is 4.54. The van der Waals surface area contributed by atoms with Gasteiger partial charge in [0.2, 0.25) is 5.91 Å². The van der Waals surface area contributed by atoms with Gasteiger partial charge in [-0.1, -0.05) is 35.9 Å². The van der Waals surface area contributed by atoms with E-state index in [-0.39, 0.29) is 43.5 Å². The average molecular weight is 458 g/mol. The first-order valence-electron chi connectivity index (χ1n) is 10.8. The molecule has 9 heteroatoms. The smallest absolute Gasteiger partial charge is 0.322 e. The molecule has 4 rings (SSSR count). The molecule has 1 atom stereocenters. The number of carbonyl (C=O) groups excluding carboxylic acids is 3. The van der Waals surface area contributed by atoms with Gasteiger partial charge in [-0.3, -0.25) is 14.5 Å². The number of benzene rings is 1. The summed E-state index contributed by atoms with van der Waals surface area (Å²) in [6.45, 7) is 6.00. The number of nitrogens with zero attached hydrogens (tertiary/aromatic N) is 3.